The summed E-state index contributed by atoms with van der Waals surface area (Å²) >= 11 is 7.29. The van der Waals surface area contributed by atoms with Crippen molar-refractivity contribution in [2.75, 3.05) is 7.05 Å². The summed E-state index contributed by atoms with van der Waals surface area (Å²) in [7, 11) is 1.87. The van der Waals surface area contributed by atoms with Gasteiger partial charge in [-0.3, -0.25) is 0 Å². The standard InChI is InChI=1S/C11H10ClFN2S/c1-14-5-11-15-10(6-16-11)7-2-3-9(13)8(12)4-7/h2-4,6,14H,5H2,1H3. The van der Waals surface area contributed by atoms with Crippen molar-refractivity contribution in [3.63, 3.8) is 0 Å². The van der Waals surface area contributed by atoms with Crippen LogP contribution < -0.4 is 5.32 Å². The highest BCUT2D eigenvalue weighted by molar-refractivity contribution is 7.09. The molecular weight excluding hydrogens is 247 g/mol. The van der Waals surface area contributed by atoms with E-state index in [4.69, 9.17) is 11.6 Å². The number of nitrogens with one attached hydrogen (secondary N) is 1. The molecule has 1 aromatic heterocycles. The number of thiazole rings is 1. The van der Waals surface area contributed by atoms with E-state index in [1.807, 2.05) is 12.4 Å². The van der Waals surface area contributed by atoms with Crippen LogP contribution in [0.25, 0.3) is 11.3 Å². The van der Waals surface area contributed by atoms with Gasteiger partial charge in [-0.15, -0.1) is 11.3 Å². The van der Waals surface area contributed by atoms with Gasteiger partial charge in [0.15, 0.2) is 0 Å². The lowest BCUT2D eigenvalue weighted by molar-refractivity contribution is 0.628. The lowest BCUT2D eigenvalue weighted by Crippen LogP contribution is -2.04. The quantitative estimate of drug-likeness (QED) is 0.911. The Balaban J connectivity index is 2.31. The Kier molecular flexibility index (Phi) is 3.53. The van der Waals surface area contributed by atoms with Crippen molar-refractivity contribution in [3.05, 3.63) is 39.4 Å². The molecule has 16 heavy (non-hydrogen) atoms. The maximum Gasteiger partial charge on any atom is 0.141 e. The Bertz CT molecular complexity index is 498. The lowest BCUT2D eigenvalue weighted by atomic mass is 10.2. The van der Waals surface area contributed by atoms with Crippen molar-refractivity contribution < 1.29 is 4.39 Å². The molecule has 1 heterocycles. The molecule has 2 aromatic rings. The van der Waals surface area contributed by atoms with Crippen LogP contribution in [0.2, 0.25) is 5.02 Å². The smallest absolute Gasteiger partial charge is 0.141 e. The molecule has 0 unspecified atom stereocenters. The fourth-order valence-corrected chi connectivity index (χ4v) is 2.33. The summed E-state index contributed by atoms with van der Waals surface area (Å²) in [6.45, 7) is 0.736. The van der Waals surface area contributed by atoms with E-state index in [9.17, 15) is 4.39 Å². The third-order valence-electron chi connectivity index (χ3n) is 2.10. The third kappa shape index (κ3) is 2.40. The van der Waals surface area contributed by atoms with E-state index in [1.54, 1.807) is 23.5 Å². The Morgan fingerprint density at radius 1 is 1.50 bits per heavy atom. The van der Waals surface area contributed by atoms with Gasteiger partial charge in [-0.1, -0.05) is 11.6 Å². The van der Waals surface area contributed by atoms with E-state index >= 15 is 0 Å². The molecule has 0 saturated heterocycles. The number of aromatic nitrogens is 1. The van der Waals surface area contributed by atoms with Crippen LogP contribution >= 0.6 is 22.9 Å². The van der Waals surface area contributed by atoms with Gasteiger partial charge in [0.25, 0.3) is 0 Å². The van der Waals surface area contributed by atoms with Gasteiger partial charge in [-0.2, -0.15) is 0 Å². The van der Waals surface area contributed by atoms with Crippen LogP contribution in [0.1, 0.15) is 5.01 Å². The van der Waals surface area contributed by atoms with E-state index in [0.29, 0.717) is 0 Å². The van der Waals surface area contributed by atoms with Crippen molar-refractivity contribution in [2.45, 2.75) is 6.54 Å². The molecule has 0 saturated carbocycles. The molecule has 5 heteroatoms. The summed E-state index contributed by atoms with van der Waals surface area (Å²) in [4.78, 5) is 4.42. The first-order chi connectivity index (χ1) is 7.70. The predicted molar refractivity (Wildman–Crippen MR) is 65.3 cm³/mol. The summed E-state index contributed by atoms with van der Waals surface area (Å²) in [5, 5.41) is 6.10. The van der Waals surface area contributed by atoms with Crippen LogP contribution in [0.4, 0.5) is 4.39 Å². The van der Waals surface area contributed by atoms with Crippen LogP contribution in [-0.4, -0.2) is 12.0 Å². The zero-order valence-electron chi connectivity index (χ0n) is 8.63. The summed E-state index contributed by atoms with van der Waals surface area (Å²) in [5.41, 5.74) is 1.67. The van der Waals surface area contributed by atoms with Gasteiger partial charge in [-0.25, -0.2) is 9.37 Å². The maximum atomic E-state index is 13.0. The molecule has 0 aliphatic carbocycles. The Labute approximate surface area is 102 Å². The molecule has 0 spiro atoms. The first-order valence-electron chi connectivity index (χ1n) is 4.75. The predicted octanol–water partition coefficient (Wildman–Crippen LogP) is 3.32. The zero-order chi connectivity index (χ0) is 11.5. The maximum absolute atomic E-state index is 13.0. The van der Waals surface area contributed by atoms with Gasteiger partial charge < -0.3 is 5.32 Å². The van der Waals surface area contributed by atoms with Gasteiger partial charge in [0, 0.05) is 17.5 Å². The molecule has 1 aromatic carbocycles. The van der Waals surface area contributed by atoms with Crippen LogP contribution in [-0.2, 0) is 6.54 Å². The normalized spacial score (nSPS) is 10.7. The summed E-state index contributed by atoms with van der Waals surface area (Å²) in [5.74, 6) is -0.406. The number of rotatable bonds is 3. The molecule has 0 amide bonds. The third-order valence-corrected chi connectivity index (χ3v) is 3.23. The molecule has 0 aliphatic heterocycles. The average Bonchev–Trinajstić information content (AvgIpc) is 2.71. The highest BCUT2D eigenvalue weighted by atomic mass is 35.5. The molecule has 0 radical (unpaired) electrons. The lowest BCUT2D eigenvalue weighted by Gasteiger charge is -1.98. The molecule has 84 valence electrons. The van der Waals surface area contributed by atoms with E-state index in [1.165, 1.54) is 6.07 Å². The zero-order valence-corrected chi connectivity index (χ0v) is 10.2. The molecule has 0 fully saturated rings. The molecule has 2 rings (SSSR count). The number of hydrogen-bond acceptors (Lipinski definition) is 3. The van der Waals surface area contributed by atoms with Crippen LogP contribution in [0.5, 0.6) is 0 Å². The molecule has 0 bridgehead atoms. The van der Waals surface area contributed by atoms with Gasteiger partial charge in [0.05, 0.1) is 10.7 Å². The fourth-order valence-electron chi connectivity index (χ4n) is 1.33. The summed E-state index contributed by atoms with van der Waals surface area (Å²) in [6.07, 6.45) is 0. The first-order valence-corrected chi connectivity index (χ1v) is 6.01. The van der Waals surface area contributed by atoms with Crippen molar-refractivity contribution in [3.8, 4) is 11.3 Å². The van der Waals surface area contributed by atoms with Crippen LogP contribution in [0.15, 0.2) is 23.6 Å². The second-order valence-corrected chi connectivity index (χ2v) is 4.64. The first kappa shape index (κ1) is 11.5. The van der Waals surface area contributed by atoms with E-state index in [2.05, 4.69) is 10.3 Å². The number of halogens is 2. The minimum Gasteiger partial charge on any atom is -0.314 e. The molecule has 2 nitrogen and oxygen atoms in total. The molecular formula is C11H10ClFN2S. The van der Waals surface area contributed by atoms with Gasteiger partial charge >= 0.3 is 0 Å². The van der Waals surface area contributed by atoms with Gasteiger partial charge in [0.1, 0.15) is 10.8 Å². The van der Waals surface area contributed by atoms with Crippen molar-refractivity contribution in [1.82, 2.24) is 10.3 Å². The highest BCUT2D eigenvalue weighted by Gasteiger charge is 2.06. The van der Waals surface area contributed by atoms with Gasteiger partial charge in [-0.05, 0) is 25.2 Å². The highest BCUT2D eigenvalue weighted by Crippen LogP contribution is 2.26. The van der Waals surface area contributed by atoms with Gasteiger partial charge in [0.2, 0.25) is 0 Å². The minimum absolute atomic E-state index is 0.126. The SMILES string of the molecule is CNCc1nc(-c2ccc(F)c(Cl)c2)cs1. The molecule has 0 atom stereocenters. The van der Waals surface area contributed by atoms with Crippen molar-refractivity contribution >= 4 is 22.9 Å². The number of hydrogen-bond donors (Lipinski definition) is 1. The van der Waals surface area contributed by atoms with Crippen LogP contribution in [0, 0.1) is 5.82 Å². The Morgan fingerprint density at radius 2 is 2.31 bits per heavy atom. The average molecular weight is 257 g/mol. The van der Waals surface area contributed by atoms with E-state index < -0.39 is 5.82 Å². The molecule has 0 aliphatic rings. The monoisotopic (exact) mass is 256 g/mol. The summed E-state index contributed by atoms with van der Waals surface area (Å²) in [6, 6.07) is 4.63. The second kappa shape index (κ2) is 4.91. The van der Waals surface area contributed by atoms with E-state index in [-0.39, 0.29) is 5.02 Å². The van der Waals surface area contributed by atoms with E-state index in [0.717, 1.165) is 22.8 Å². The van der Waals surface area contributed by atoms with Crippen molar-refractivity contribution in [2.24, 2.45) is 0 Å². The fraction of sp³-hybridized carbons (Fsp3) is 0.182. The minimum atomic E-state index is -0.406. The summed E-state index contributed by atoms with van der Waals surface area (Å²) < 4.78 is 13.0. The number of nitrogens with zero attached hydrogens (tertiary/aromatic N) is 1. The topological polar surface area (TPSA) is 24.9 Å². The number of benzene rings is 1. The Hall–Kier alpha value is -0.970. The second-order valence-electron chi connectivity index (χ2n) is 3.29. The molecule has 1 N–H and O–H groups in total. The van der Waals surface area contributed by atoms with Crippen LogP contribution in [0.3, 0.4) is 0 Å². The Morgan fingerprint density at radius 3 is 3.00 bits per heavy atom. The van der Waals surface area contributed by atoms with Crippen molar-refractivity contribution in [1.29, 1.82) is 0 Å². The largest absolute Gasteiger partial charge is 0.314 e.